The first-order valence-electron chi connectivity index (χ1n) is 11.0. The first-order valence-corrected chi connectivity index (χ1v) is 12.0. The molecule has 0 fully saturated rings. The van der Waals surface area contributed by atoms with Crippen molar-refractivity contribution in [2.75, 3.05) is 18.2 Å². The van der Waals surface area contributed by atoms with Crippen LogP contribution in [0, 0.1) is 13.8 Å². The fourth-order valence-corrected chi connectivity index (χ4v) is 4.69. The van der Waals surface area contributed by atoms with E-state index in [-0.39, 0.29) is 22.8 Å². The topological polar surface area (TPSA) is 86.4 Å². The number of rotatable bonds is 6. The largest absolute Gasteiger partial charge is 0.497 e. The van der Waals surface area contributed by atoms with Crippen LogP contribution < -0.4 is 15.6 Å². The number of hydrogen-bond acceptors (Lipinski definition) is 6. The second-order valence-corrected chi connectivity index (χ2v) is 9.04. The molecule has 35 heavy (non-hydrogen) atoms. The molecule has 2 aromatic heterocycles. The molecular weight excluding hydrogens is 462 g/mol. The van der Waals surface area contributed by atoms with Crippen LogP contribution in [0.2, 0.25) is 0 Å². The maximum atomic E-state index is 13.6. The normalized spacial score (nSPS) is 11.2. The second kappa shape index (κ2) is 9.31. The van der Waals surface area contributed by atoms with Crippen molar-refractivity contribution in [3.05, 3.63) is 88.2 Å². The number of methoxy groups -OCH3 is 1. The van der Waals surface area contributed by atoms with E-state index in [1.807, 2.05) is 50.2 Å². The monoisotopic (exact) mass is 485 g/mol. The van der Waals surface area contributed by atoms with Crippen molar-refractivity contribution in [3.63, 3.8) is 0 Å². The van der Waals surface area contributed by atoms with Crippen LogP contribution in [0.3, 0.4) is 0 Å². The number of carbonyl (C=O) groups excluding carboxylic acids is 1. The number of carbonyl (C=O) groups is 1. The summed E-state index contributed by atoms with van der Waals surface area (Å²) < 4.78 is 12.6. The van der Waals surface area contributed by atoms with Crippen LogP contribution in [0.5, 0.6) is 5.75 Å². The van der Waals surface area contributed by atoms with Gasteiger partial charge >= 0.3 is 5.56 Å². The van der Waals surface area contributed by atoms with Gasteiger partial charge in [0.1, 0.15) is 16.8 Å². The maximum absolute atomic E-state index is 13.6. The molecule has 0 spiro atoms. The van der Waals surface area contributed by atoms with E-state index in [9.17, 15) is 9.59 Å². The summed E-state index contributed by atoms with van der Waals surface area (Å²) in [5.41, 5.74) is 4.39. The molecule has 5 aromatic rings. The third kappa shape index (κ3) is 4.28. The van der Waals surface area contributed by atoms with Gasteiger partial charge in [-0.25, -0.2) is 4.98 Å². The molecule has 5 rings (SSSR count). The second-order valence-electron chi connectivity index (χ2n) is 8.09. The number of fused-ring (bicyclic) bond motifs is 3. The smallest absolute Gasteiger partial charge is 0.302 e. The van der Waals surface area contributed by atoms with E-state index < -0.39 is 0 Å². The summed E-state index contributed by atoms with van der Waals surface area (Å²) in [5, 5.41) is 4.11. The third-order valence-corrected chi connectivity index (χ3v) is 6.85. The van der Waals surface area contributed by atoms with Crippen LogP contribution >= 0.6 is 11.8 Å². The summed E-state index contributed by atoms with van der Waals surface area (Å²) in [7, 11) is 1.58. The minimum absolute atomic E-state index is 0.0806. The molecule has 7 nitrogen and oxygen atoms in total. The van der Waals surface area contributed by atoms with Gasteiger partial charge in [-0.15, -0.1) is 0 Å². The molecule has 0 aliphatic carbocycles. The van der Waals surface area contributed by atoms with Crippen molar-refractivity contribution in [1.82, 2.24) is 9.55 Å². The predicted octanol–water partition coefficient (Wildman–Crippen LogP) is 5.49. The molecule has 0 aliphatic heterocycles. The highest BCUT2D eigenvalue weighted by Gasteiger charge is 2.20. The van der Waals surface area contributed by atoms with Crippen molar-refractivity contribution in [2.24, 2.45) is 0 Å². The highest BCUT2D eigenvalue weighted by atomic mass is 32.2. The van der Waals surface area contributed by atoms with Crippen molar-refractivity contribution >= 4 is 45.4 Å². The zero-order valence-corrected chi connectivity index (χ0v) is 20.3. The Morgan fingerprint density at radius 1 is 1.06 bits per heavy atom. The Morgan fingerprint density at radius 2 is 1.83 bits per heavy atom. The Bertz CT molecular complexity index is 1620. The Hall–Kier alpha value is -4.04. The van der Waals surface area contributed by atoms with Crippen molar-refractivity contribution in [3.8, 4) is 11.4 Å². The van der Waals surface area contributed by atoms with E-state index >= 15 is 0 Å². The van der Waals surface area contributed by atoms with Crippen LogP contribution in [-0.4, -0.2) is 28.3 Å². The van der Waals surface area contributed by atoms with Crippen molar-refractivity contribution in [2.45, 2.75) is 19.0 Å². The summed E-state index contributed by atoms with van der Waals surface area (Å²) in [5.74, 6) is 0.565. The molecule has 1 N–H and O–H groups in total. The number of hydrogen-bond donors (Lipinski definition) is 1. The SMILES string of the molecule is COc1ccc(-n2c(SCC(=O)Nc3cccc(C)c3C)nc3c(oc4ccccc43)c2=O)cc1. The first kappa shape index (κ1) is 22.7. The Kier molecular flexibility index (Phi) is 6.05. The quantitative estimate of drug-likeness (QED) is 0.253. The van der Waals surface area contributed by atoms with E-state index in [0.29, 0.717) is 27.7 Å². The molecule has 0 radical (unpaired) electrons. The number of amides is 1. The number of thioether (sulfide) groups is 1. The van der Waals surface area contributed by atoms with E-state index in [2.05, 4.69) is 5.32 Å². The minimum atomic E-state index is -0.339. The summed E-state index contributed by atoms with van der Waals surface area (Å²) >= 11 is 1.20. The van der Waals surface area contributed by atoms with E-state index in [1.54, 1.807) is 37.4 Å². The van der Waals surface area contributed by atoms with Gasteiger partial charge in [0, 0.05) is 11.1 Å². The van der Waals surface area contributed by atoms with Gasteiger partial charge in [-0.2, -0.15) is 0 Å². The van der Waals surface area contributed by atoms with Gasteiger partial charge in [0.25, 0.3) is 0 Å². The number of furan rings is 1. The Labute approximate surface area is 205 Å². The number of aromatic nitrogens is 2. The fourth-order valence-electron chi connectivity index (χ4n) is 3.88. The molecule has 0 saturated heterocycles. The van der Waals surface area contributed by atoms with Crippen LogP contribution in [0.4, 0.5) is 5.69 Å². The van der Waals surface area contributed by atoms with Crippen LogP contribution in [0.25, 0.3) is 27.8 Å². The molecule has 0 saturated carbocycles. The molecule has 1 amide bonds. The number of aryl methyl sites for hydroxylation is 1. The summed E-state index contributed by atoms with van der Waals surface area (Å²) in [6.45, 7) is 3.97. The highest BCUT2D eigenvalue weighted by Crippen LogP contribution is 2.29. The van der Waals surface area contributed by atoms with Gasteiger partial charge in [-0.05, 0) is 67.4 Å². The molecule has 0 unspecified atom stereocenters. The average molecular weight is 486 g/mol. The zero-order chi connectivity index (χ0) is 24.5. The van der Waals surface area contributed by atoms with Crippen LogP contribution in [0.1, 0.15) is 11.1 Å². The van der Waals surface area contributed by atoms with E-state index in [1.165, 1.54) is 16.3 Å². The van der Waals surface area contributed by atoms with Gasteiger partial charge < -0.3 is 14.5 Å². The molecule has 0 atom stereocenters. The van der Waals surface area contributed by atoms with Gasteiger partial charge in [0.2, 0.25) is 11.5 Å². The summed E-state index contributed by atoms with van der Waals surface area (Å²) in [6.07, 6.45) is 0. The minimum Gasteiger partial charge on any atom is -0.497 e. The number of benzene rings is 3. The maximum Gasteiger partial charge on any atom is 0.302 e. The number of nitrogens with one attached hydrogen (secondary N) is 1. The lowest BCUT2D eigenvalue weighted by Gasteiger charge is -2.13. The highest BCUT2D eigenvalue weighted by molar-refractivity contribution is 7.99. The third-order valence-electron chi connectivity index (χ3n) is 5.91. The van der Waals surface area contributed by atoms with E-state index in [4.69, 9.17) is 14.1 Å². The lowest BCUT2D eigenvalue weighted by atomic mass is 10.1. The van der Waals surface area contributed by atoms with Crippen LogP contribution in [-0.2, 0) is 4.79 Å². The molecular formula is C27H23N3O4S. The average Bonchev–Trinajstić information content (AvgIpc) is 3.25. The predicted molar refractivity (Wildman–Crippen MR) is 139 cm³/mol. The van der Waals surface area contributed by atoms with Gasteiger partial charge in [-0.1, -0.05) is 36.0 Å². The molecule has 2 heterocycles. The number of anilines is 1. The molecule has 176 valence electrons. The van der Waals surface area contributed by atoms with E-state index in [0.717, 1.165) is 22.2 Å². The lowest BCUT2D eigenvalue weighted by molar-refractivity contribution is -0.113. The van der Waals surface area contributed by atoms with Crippen LogP contribution in [0.15, 0.2) is 81.1 Å². The summed E-state index contributed by atoms with van der Waals surface area (Å²) in [4.78, 5) is 31.2. The number of nitrogens with zero attached hydrogens (tertiary/aromatic N) is 2. The first-order chi connectivity index (χ1) is 17.0. The number of para-hydroxylation sites is 1. The van der Waals surface area contributed by atoms with Crippen molar-refractivity contribution < 1.29 is 13.9 Å². The van der Waals surface area contributed by atoms with Gasteiger partial charge in [0.05, 0.1) is 18.6 Å². The molecule has 3 aromatic carbocycles. The standard InChI is InChI=1S/C27H23N3O4S/c1-16-7-6-9-21(17(16)2)28-23(31)15-35-27-29-24-20-8-4-5-10-22(20)34-25(24)26(32)30(27)18-11-13-19(33-3)14-12-18/h4-14H,15H2,1-3H3,(H,28,31). The van der Waals surface area contributed by atoms with Gasteiger partial charge in [0.15, 0.2) is 5.16 Å². The fraction of sp³-hybridized carbons (Fsp3) is 0.148. The summed E-state index contributed by atoms with van der Waals surface area (Å²) in [6, 6.07) is 20.3. The zero-order valence-electron chi connectivity index (χ0n) is 19.5. The Morgan fingerprint density at radius 3 is 2.60 bits per heavy atom. The molecule has 8 heteroatoms. The van der Waals surface area contributed by atoms with Crippen molar-refractivity contribution in [1.29, 1.82) is 0 Å². The number of ether oxygens (including phenoxy) is 1. The van der Waals surface area contributed by atoms with Gasteiger partial charge in [-0.3, -0.25) is 14.2 Å². The molecule has 0 aliphatic rings. The molecule has 0 bridgehead atoms. The lowest BCUT2D eigenvalue weighted by Crippen LogP contribution is -2.22. The Balaban J connectivity index is 1.55.